The van der Waals surface area contributed by atoms with Gasteiger partial charge in [0.05, 0.1) is 22.8 Å². The van der Waals surface area contributed by atoms with Crippen molar-refractivity contribution in [1.82, 2.24) is 0 Å². The zero-order valence-electron chi connectivity index (χ0n) is 10.4. The lowest BCUT2D eigenvalue weighted by Gasteiger charge is -2.06. The first-order valence-corrected chi connectivity index (χ1v) is 6.69. The summed E-state index contributed by atoms with van der Waals surface area (Å²) >= 11 is 1.59. The molecule has 0 aliphatic carbocycles. The number of carbonyl (C=O) groups excluding carboxylic acids is 1. The van der Waals surface area contributed by atoms with E-state index in [9.17, 15) is 14.9 Å². The maximum atomic E-state index is 11.8. The van der Waals surface area contributed by atoms with E-state index in [0.29, 0.717) is 6.42 Å². The highest BCUT2D eigenvalue weighted by Gasteiger charge is 2.15. The minimum atomic E-state index is -0.575. The topological polar surface area (TPSA) is 95.5 Å². The number of nitrogens with two attached hydrogens (primary N) is 1. The van der Waals surface area contributed by atoms with E-state index >= 15 is 0 Å². The lowest BCUT2D eigenvalue weighted by molar-refractivity contribution is -0.384. The van der Waals surface area contributed by atoms with E-state index in [-0.39, 0.29) is 23.5 Å². The number of non-ortho nitro benzene ring substituents is 1. The smallest absolute Gasteiger partial charge is 0.340 e. The quantitative estimate of drug-likeness (QED) is 0.395. The second kappa shape index (κ2) is 6.16. The monoisotopic (exact) mass is 292 g/mol. The van der Waals surface area contributed by atoms with Gasteiger partial charge in [-0.15, -0.1) is 11.3 Å². The second-order valence-corrected chi connectivity index (χ2v) is 5.03. The number of thiophene rings is 1. The zero-order valence-corrected chi connectivity index (χ0v) is 11.3. The van der Waals surface area contributed by atoms with E-state index in [2.05, 4.69) is 0 Å². The summed E-state index contributed by atoms with van der Waals surface area (Å²) in [5.41, 5.74) is 5.65. The maximum Gasteiger partial charge on any atom is 0.340 e. The molecule has 0 saturated carbocycles. The molecule has 0 fully saturated rings. The number of nitrogens with zero attached hydrogens (tertiary/aromatic N) is 1. The van der Waals surface area contributed by atoms with Gasteiger partial charge in [0.15, 0.2) is 0 Å². The molecule has 0 aliphatic heterocycles. The highest BCUT2D eigenvalue weighted by Crippen LogP contribution is 2.20. The number of benzene rings is 1. The third kappa shape index (κ3) is 3.33. The number of rotatable bonds is 5. The van der Waals surface area contributed by atoms with Crippen molar-refractivity contribution in [2.75, 3.05) is 12.3 Å². The van der Waals surface area contributed by atoms with E-state index in [4.69, 9.17) is 10.5 Å². The molecular formula is C13H12N2O4S. The Labute approximate surface area is 118 Å². The Hall–Kier alpha value is -2.41. The number of esters is 1. The molecular weight excluding hydrogens is 280 g/mol. The van der Waals surface area contributed by atoms with Crippen LogP contribution >= 0.6 is 11.3 Å². The van der Waals surface area contributed by atoms with Crippen LogP contribution in [0, 0.1) is 10.1 Å². The summed E-state index contributed by atoms with van der Waals surface area (Å²) < 4.78 is 5.10. The van der Waals surface area contributed by atoms with Crippen molar-refractivity contribution in [3.63, 3.8) is 0 Å². The molecule has 0 radical (unpaired) electrons. The van der Waals surface area contributed by atoms with Crippen molar-refractivity contribution in [2.45, 2.75) is 6.42 Å². The summed E-state index contributed by atoms with van der Waals surface area (Å²) in [7, 11) is 0. The number of nitro groups is 1. The standard InChI is InChI=1S/C13H12N2O4S/c14-12-8-9(15(17)18)3-4-11(12)13(16)19-6-5-10-2-1-7-20-10/h1-4,7-8H,5-6,14H2. The third-order valence-corrected chi connectivity index (χ3v) is 3.56. The molecule has 104 valence electrons. The third-order valence-electron chi connectivity index (χ3n) is 2.63. The molecule has 2 aromatic rings. The van der Waals surface area contributed by atoms with Gasteiger partial charge in [0.25, 0.3) is 5.69 Å². The number of ether oxygens (including phenoxy) is 1. The molecule has 0 atom stereocenters. The predicted molar refractivity (Wildman–Crippen MR) is 75.8 cm³/mol. The lowest BCUT2D eigenvalue weighted by atomic mass is 10.1. The molecule has 0 aliphatic rings. The van der Waals surface area contributed by atoms with Gasteiger partial charge in [-0.05, 0) is 17.5 Å². The van der Waals surface area contributed by atoms with Gasteiger partial charge in [-0.2, -0.15) is 0 Å². The number of carbonyl (C=O) groups is 1. The molecule has 1 aromatic carbocycles. The molecule has 1 heterocycles. The van der Waals surface area contributed by atoms with Crippen LogP contribution in [-0.2, 0) is 11.2 Å². The molecule has 7 heteroatoms. The van der Waals surface area contributed by atoms with Gasteiger partial charge in [-0.3, -0.25) is 10.1 Å². The fourth-order valence-electron chi connectivity index (χ4n) is 1.63. The molecule has 0 bridgehead atoms. The normalized spacial score (nSPS) is 10.2. The molecule has 20 heavy (non-hydrogen) atoms. The molecule has 0 spiro atoms. The van der Waals surface area contributed by atoms with Gasteiger partial charge in [0, 0.05) is 23.4 Å². The summed E-state index contributed by atoms with van der Waals surface area (Å²) in [6.07, 6.45) is 0.635. The van der Waals surface area contributed by atoms with Crippen molar-refractivity contribution >= 4 is 28.7 Å². The van der Waals surface area contributed by atoms with Crippen LogP contribution in [0.3, 0.4) is 0 Å². The SMILES string of the molecule is Nc1cc([N+](=O)[O-])ccc1C(=O)OCCc1cccs1. The number of anilines is 1. The summed E-state index contributed by atoms with van der Waals surface area (Å²) in [4.78, 5) is 22.9. The van der Waals surface area contributed by atoms with Crippen LogP contribution in [0.5, 0.6) is 0 Å². The van der Waals surface area contributed by atoms with Crippen LogP contribution in [-0.4, -0.2) is 17.5 Å². The number of hydrogen-bond donors (Lipinski definition) is 1. The maximum absolute atomic E-state index is 11.8. The van der Waals surface area contributed by atoms with Crippen LogP contribution in [0.4, 0.5) is 11.4 Å². The van der Waals surface area contributed by atoms with Crippen molar-refractivity contribution in [2.24, 2.45) is 0 Å². The lowest BCUT2D eigenvalue weighted by Crippen LogP contribution is -2.10. The average Bonchev–Trinajstić information content (AvgIpc) is 2.91. The molecule has 2 N–H and O–H groups in total. The van der Waals surface area contributed by atoms with Crippen LogP contribution < -0.4 is 5.73 Å². The van der Waals surface area contributed by atoms with Crippen molar-refractivity contribution in [1.29, 1.82) is 0 Å². The molecule has 0 unspecified atom stereocenters. The minimum absolute atomic E-state index is 0.0420. The molecule has 2 rings (SSSR count). The first-order chi connectivity index (χ1) is 9.58. The van der Waals surface area contributed by atoms with Gasteiger partial charge in [-0.25, -0.2) is 4.79 Å². The summed E-state index contributed by atoms with van der Waals surface area (Å²) in [6.45, 7) is 0.246. The van der Waals surface area contributed by atoms with E-state index in [1.54, 1.807) is 11.3 Å². The Morgan fingerprint density at radius 1 is 1.40 bits per heavy atom. The fourth-order valence-corrected chi connectivity index (χ4v) is 2.32. The minimum Gasteiger partial charge on any atom is -0.462 e. The van der Waals surface area contributed by atoms with E-state index < -0.39 is 10.9 Å². The van der Waals surface area contributed by atoms with Gasteiger partial charge < -0.3 is 10.5 Å². The van der Waals surface area contributed by atoms with Crippen molar-refractivity contribution < 1.29 is 14.5 Å². The Kier molecular flexibility index (Phi) is 4.31. The molecule has 0 saturated heterocycles. The van der Waals surface area contributed by atoms with Crippen LogP contribution in [0.2, 0.25) is 0 Å². The van der Waals surface area contributed by atoms with Crippen molar-refractivity contribution in [3.8, 4) is 0 Å². The van der Waals surface area contributed by atoms with Crippen LogP contribution in [0.25, 0.3) is 0 Å². The molecule has 0 amide bonds. The van der Waals surface area contributed by atoms with Gasteiger partial charge in [-0.1, -0.05) is 6.07 Å². The first-order valence-electron chi connectivity index (χ1n) is 5.81. The van der Waals surface area contributed by atoms with E-state index in [0.717, 1.165) is 10.9 Å². The number of hydrogen-bond acceptors (Lipinski definition) is 6. The van der Waals surface area contributed by atoms with E-state index in [1.807, 2.05) is 17.5 Å². The number of nitrogen functional groups attached to an aromatic ring is 1. The second-order valence-electron chi connectivity index (χ2n) is 3.99. The van der Waals surface area contributed by atoms with Gasteiger partial charge >= 0.3 is 5.97 Å². The largest absolute Gasteiger partial charge is 0.462 e. The first kappa shape index (κ1) is 14.0. The van der Waals surface area contributed by atoms with Gasteiger partial charge in [0.1, 0.15) is 0 Å². The Bertz CT molecular complexity index is 625. The highest BCUT2D eigenvalue weighted by atomic mass is 32.1. The Morgan fingerprint density at radius 2 is 2.20 bits per heavy atom. The van der Waals surface area contributed by atoms with E-state index in [1.165, 1.54) is 12.1 Å². The van der Waals surface area contributed by atoms with Crippen molar-refractivity contribution in [3.05, 3.63) is 56.3 Å². The highest BCUT2D eigenvalue weighted by molar-refractivity contribution is 7.09. The zero-order chi connectivity index (χ0) is 14.5. The summed E-state index contributed by atoms with van der Waals surface area (Å²) in [5, 5.41) is 12.5. The molecule has 6 nitrogen and oxygen atoms in total. The van der Waals surface area contributed by atoms with Gasteiger partial charge in [0.2, 0.25) is 0 Å². The summed E-state index contributed by atoms with van der Waals surface area (Å²) in [5.74, 6) is -0.575. The molecule has 1 aromatic heterocycles. The number of nitro benzene ring substituents is 1. The summed E-state index contributed by atoms with van der Waals surface area (Å²) in [6, 6.07) is 7.57. The predicted octanol–water partition coefficient (Wildman–Crippen LogP) is 2.64. The van der Waals surface area contributed by atoms with Crippen LogP contribution in [0.1, 0.15) is 15.2 Å². The Balaban J connectivity index is 1.97. The van der Waals surface area contributed by atoms with Crippen LogP contribution in [0.15, 0.2) is 35.7 Å². The fraction of sp³-hybridized carbons (Fsp3) is 0.154. The average molecular weight is 292 g/mol. The Morgan fingerprint density at radius 3 is 2.80 bits per heavy atom.